The van der Waals surface area contributed by atoms with E-state index in [9.17, 15) is 19.2 Å². The number of Topliss-reactive ketones (excluding diaryl/α,β-unsaturated/α-hetero) is 1. The van der Waals surface area contributed by atoms with Gasteiger partial charge in [0.2, 0.25) is 0 Å². The Labute approximate surface area is 185 Å². The van der Waals surface area contributed by atoms with Crippen LogP contribution in [-0.4, -0.2) is 42.3 Å². The van der Waals surface area contributed by atoms with Gasteiger partial charge in [0.25, 0.3) is 5.78 Å². The van der Waals surface area contributed by atoms with Gasteiger partial charge in [-0.25, -0.2) is 4.79 Å². The van der Waals surface area contributed by atoms with Crippen molar-refractivity contribution < 1.29 is 33.4 Å². The largest absolute Gasteiger partial charge is 0.490 e. The van der Waals surface area contributed by atoms with Gasteiger partial charge in [0.05, 0.1) is 12.5 Å². The average Bonchev–Trinajstić information content (AvgIpc) is 2.72. The molecule has 2 rings (SSSR count). The quantitative estimate of drug-likeness (QED) is 0.311. The van der Waals surface area contributed by atoms with E-state index in [1.54, 1.807) is 69.3 Å². The Hall–Kier alpha value is -3.19. The summed E-state index contributed by atoms with van der Waals surface area (Å²) in [7, 11) is 0. The number of benzene rings is 2. The van der Waals surface area contributed by atoms with Crippen LogP contribution in [-0.2, 0) is 23.9 Å². The second kappa shape index (κ2) is 11.3. The Morgan fingerprint density at radius 2 is 1.42 bits per heavy atom. The van der Waals surface area contributed by atoms with Crippen molar-refractivity contribution >= 4 is 35.1 Å². The van der Waals surface area contributed by atoms with Crippen LogP contribution >= 0.6 is 11.6 Å². The van der Waals surface area contributed by atoms with Crippen LogP contribution in [0.2, 0.25) is 5.02 Å². The molecule has 0 saturated heterocycles. The van der Waals surface area contributed by atoms with E-state index in [0.717, 1.165) is 0 Å². The van der Waals surface area contributed by atoms with Crippen molar-refractivity contribution in [3.05, 3.63) is 64.7 Å². The minimum Gasteiger partial charge on any atom is -0.490 e. The molecule has 0 radical (unpaired) electrons. The number of halogens is 1. The monoisotopic (exact) mass is 446 g/mol. The highest BCUT2D eigenvalue weighted by atomic mass is 35.5. The van der Waals surface area contributed by atoms with Gasteiger partial charge >= 0.3 is 11.9 Å². The highest BCUT2D eigenvalue weighted by Crippen LogP contribution is 2.18. The summed E-state index contributed by atoms with van der Waals surface area (Å²) in [6.07, 6.45) is -1.12. The summed E-state index contributed by atoms with van der Waals surface area (Å²) in [5, 5.41) is 0.549. The van der Waals surface area contributed by atoms with Gasteiger partial charge in [-0.3, -0.25) is 14.4 Å². The predicted molar refractivity (Wildman–Crippen MR) is 113 cm³/mol. The van der Waals surface area contributed by atoms with Crippen LogP contribution in [0.1, 0.15) is 43.1 Å². The predicted octanol–water partition coefficient (Wildman–Crippen LogP) is 3.79. The molecule has 0 heterocycles. The average molecular weight is 447 g/mol. The molecule has 1 unspecified atom stereocenters. The fourth-order valence-corrected chi connectivity index (χ4v) is 2.63. The molecule has 1 atom stereocenters. The fraction of sp³-hybridized carbons (Fsp3) is 0.304. The molecule has 0 aliphatic carbocycles. The van der Waals surface area contributed by atoms with E-state index >= 15 is 0 Å². The molecular formula is C23H23ClO7. The molecule has 2 aromatic carbocycles. The topological polar surface area (TPSA) is 96.0 Å². The van der Waals surface area contributed by atoms with Crippen molar-refractivity contribution in [2.24, 2.45) is 0 Å². The van der Waals surface area contributed by atoms with E-state index in [-0.39, 0.29) is 12.2 Å². The number of ether oxygens (including phenoxy) is 3. The number of rotatable bonds is 10. The molecule has 0 saturated carbocycles. The molecule has 0 aliphatic rings. The maximum atomic E-state index is 12.5. The zero-order chi connectivity index (χ0) is 23.0. The van der Waals surface area contributed by atoms with Crippen molar-refractivity contribution in [1.29, 1.82) is 0 Å². The Balaban J connectivity index is 1.82. The summed E-state index contributed by atoms with van der Waals surface area (Å²) in [6, 6.07) is 13.1. The molecule has 0 amide bonds. The third-order valence-corrected chi connectivity index (χ3v) is 4.20. The first kappa shape index (κ1) is 24.1. The van der Waals surface area contributed by atoms with E-state index in [1.165, 1.54) is 0 Å². The normalized spacial score (nSPS) is 11.5. The van der Waals surface area contributed by atoms with Crippen molar-refractivity contribution in [3.8, 4) is 5.75 Å². The van der Waals surface area contributed by atoms with Crippen LogP contribution in [0.15, 0.2) is 48.5 Å². The second-order valence-corrected chi connectivity index (χ2v) is 7.47. The summed E-state index contributed by atoms with van der Waals surface area (Å²) in [4.78, 5) is 47.3. The third kappa shape index (κ3) is 7.86. The number of hydrogen-bond donors (Lipinski definition) is 0. The Morgan fingerprint density at radius 1 is 0.871 bits per heavy atom. The molecular weight excluding hydrogens is 424 g/mol. The molecule has 0 spiro atoms. The van der Waals surface area contributed by atoms with E-state index in [0.29, 0.717) is 21.9 Å². The van der Waals surface area contributed by atoms with Gasteiger partial charge in [0.15, 0.2) is 12.4 Å². The molecule has 0 fully saturated rings. The minimum absolute atomic E-state index is 0.127. The van der Waals surface area contributed by atoms with Crippen LogP contribution in [0.25, 0.3) is 0 Å². The second-order valence-electron chi connectivity index (χ2n) is 7.03. The van der Waals surface area contributed by atoms with Crippen LogP contribution in [0.4, 0.5) is 0 Å². The molecule has 8 heteroatoms. The summed E-state index contributed by atoms with van der Waals surface area (Å²) in [5.41, 5.74) is 0.995. The standard InChI is InChI=1S/C23H23ClO7/c1-14(2)30-23(28)20(25)13-29-21(26)12-15(3)31-19-10-6-17(7-11-19)22(27)16-4-8-18(24)9-5-16/h4-11,14-15H,12-13H2,1-3H3. The smallest absolute Gasteiger partial charge is 0.378 e. The molecule has 7 nitrogen and oxygen atoms in total. The highest BCUT2D eigenvalue weighted by molar-refractivity contribution is 6.34. The summed E-state index contributed by atoms with van der Waals surface area (Å²) < 4.78 is 15.2. The van der Waals surface area contributed by atoms with Gasteiger partial charge in [-0.1, -0.05) is 11.6 Å². The minimum atomic E-state index is -1.04. The van der Waals surface area contributed by atoms with E-state index in [1.807, 2.05) is 0 Å². The lowest BCUT2D eigenvalue weighted by Crippen LogP contribution is -2.27. The number of carbonyl (C=O) groups is 4. The number of hydrogen-bond acceptors (Lipinski definition) is 7. The van der Waals surface area contributed by atoms with Crippen molar-refractivity contribution in [2.45, 2.75) is 39.4 Å². The molecule has 2 aromatic rings. The first-order valence-corrected chi connectivity index (χ1v) is 10.00. The SMILES string of the molecule is CC(C)OC(=O)C(=O)COC(=O)CC(C)Oc1ccc(C(=O)c2ccc(Cl)cc2)cc1. The maximum Gasteiger partial charge on any atom is 0.378 e. The van der Waals surface area contributed by atoms with Crippen molar-refractivity contribution in [1.82, 2.24) is 0 Å². The van der Waals surface area contributed by atoms with Crippen LogP contribution < -0.4 is 4.74 Å². The van der Waals surface area contributed by atoms with Crippen LogP contribution in [0, 0.1) is 0 Å². The zero-order valence-electron chi connectivity index (χ0n) is 17.4. The van der Waals surface area contributed by atoms with Gasteiger partial charge in [-0.2, -0.15) is 0 Å². The van der Waals surface area contributed by atoms with E-state index in [2.05, 4.69) is 0 Å². The van der Waals surface area contributed by atoms with Crippen LogP contribution in [0.5, 0.6) is 5.75 Å². The van der Waals surface area contributed by atoms with Gasteiger partial charge in [-0.15, -0.1) is 0 Å². The molecule has 0 aliphatic heterocycles. The molecule has 164 valence electrons. The summed E-state index contributed by atoms with van der Waals surface area (Å²) >= 11 is 5.84. The Bertz CT molecular complexity index is 933. The first-order valence-electron chi connectivity index (χ1n) is 9.62. The lowest BCUT2D eigenvalue weighted by Gasteiger charge is -2.14. The third-order valence-electron chi connectivity index (χ3n) is 3.95. The van der Waals surface area contributed by atoms with E-state index < -0.39 is 36.5 Å². The lowest BCUT2D eigenvalue weighted by atomic mass is 10.0. The van der Waals surface area contributed by atoms with Crippen molar-refractivity contribution in [3.63, 3.8) is 0 Å². The van der Waals surface area contributed by atoms with Gasteiger partial charge in [0.1, 0.15) is 11.9 Å². The van der Waals surface area contributed by atoms with E-state index in [4.69, 9.17) is 25.8 Å². The number of ketones is 2. The van der Waals surface area contributed by atoms with Crippen molar-refractivity contribution in [2.75, 3.05) is 6.61 Å². The summed E-state index contributed by atoms with van der Waals surface area (Å²) in [5.74, 6) is -2.35. The van der Waals surface area contributed by atoms with Gasteiger partial charge in [-0.05, 0) is 69.3 Å². The molecule has 31 heavy (non-hydrogen) atoms. The van der Waals surface area contributed by atoms with Crippen LogP contribution in [0.3, 0.4) is 0 Å². The first-order chi connectivity index (χ1) is 14.7. The zero-order valence-corrected chi connectivity index (χ0v) is 18.2. The molecule has 0 N–H and O–H groups in total. The maximum absolute atomic E-state index is 12.5. The fourth-order valence-electron chi connectivity index (χ4n) is 2.51. The number of carbonyl (C=O) groups excluding carboxylic acids is 4. The Morgan fingerprint density at radius 3 is 1.97 bits per heavy atom. The van der Waals surface area contributed by atoms with Gasteiger partial charge in [0, 0.05) is 16.1 Å². The van der Waals surface area contributed by atoms with Gasteiger partial charge < -0.3 is 14.2 Å². The summed E-state index contributed by atoms with van der Waals surface area (Å²) in [6.45, 7) is 4.19. The highest BCUT2D eigenvalue weighted by Gasteiger charge is 2.20. The Kier molecular flexibility index (Phi) is 8.75. The molecule has 0 bridgehead atoms. The molecule has 0 aromatic heterocycles. The number of esters is 2. The lowest BCUT2D eigenvalue weighted by molar-refractivity contribution is -0.161.